The van der Waals surface area contributed by atoms with E-state index in [2.05, 4.69) is 39.1 Å². The molecule has 0 fully saturated rings. The van der Waals surface area contributed by atoms with Crippen LogP contribution in [-0.4, -0.2) is 19.9 Å². The molecule has 0 aromatic carbocycles. The van der Waals surface area contributed by atoms with Gasteiger partial charge in [-0.1, -0.05) is 5.16 Å². The fourth-order valence-corrected chi connectivity index (χ4v) is 2.93. The summed E-state index contributed by atoms with van der Waals surface area (Å²) in [5.41, 5.74) is 2.69. The van der Waals surface area contributed by atoms with Crippen molar-refractivity contribution in [3.05, 3.63) is 29.2 Å². The Balaban J connectivity index is 1.77. The highest BCUT2D eigenvalue weighted by atomic mass is 16.5. The third-order valence-electron chi connectivity index (χ3n) is 3.93. The monoisotopic (exact) mass is 275 g/mol. The number of aryl methyl sites for hydroxylation is 2. The van der Waals surface area contributed by atoms with Crippen LogP contribution < -0.4 is 5.32 Å². The molecule has 108 valence electrons. The number of nitrogens with one attached hydrogen (secondary N) is 1. The third kappa shape index (κ3) is 2.35. The van der Waals surface area contributed by atoms with Crippen LogP contribution >= 0.6 is 0 Å². The lowest BCUT2D eigenvalue weighted by atomic mass is 9.92. The van der Waals surface area contributed by atoms with Crippen LogP contribution in [0.2, 0.25) is 0 Å². The highest BCUT2D eigenvalue weighted by Crippen LogP contribution is 2.31. The predicted molar refractivity (Wildman–Crippen MR) is 74.2 cm³/mol. The lowest BCUT2D eigenvalue weighted by Gasteiger charge is -2.26. The Morgan fingerprint density at radius 3 is 3.10 bits per heavy atom. The van der Waals surface area contributed by atoms with Crippen molar-refractivity contribution >= 4 is 0 Å². The zero-order chi connectivity index (χ0) is 14.1. The van der Waals surface area contributed by atoms with Crippen molar-refractivity contribution in [2.45, 2.75) is 58.7 Å². The molecule has 0 unspecified atom stereocenters. The van der Waals surface area contributed by atoms with Crippen molar-refractivity contribution in [1.82, 2.24) is 25.2 Å². The van der Waals surface area contributed by atoms with E-state index in [0.29, 0.717) is 17.8 Å². The molecule has 1 aliphatic rings. The van der Waals surface area contributed by atoms with Gasteiger partial charge in [-0.15, -0.1) is 0 Å². The Morgan fingerprint density at radius 1 is 1.55 bits per heavy atom. The van der Waals surface area contributed by atoms with Crippen LogP contribution in [0, 0.1) is 6.92 Å². The maximum absolute atomic E-state index is 5.24. The molecule has 1 aliphatic carbocycles. The van der Waals surface area contributed by atoms with Crippen LogP contribution in [0.1, 0.15) is 61.7 Å². The molecule has 0 saturated heterocycles. The van der Waals surface area contributed by atoms with Gasteiger partial charge < -0.3 is 4.52 Å². The second-order valence-electron chi connectivity index (χ2n) is 5.38. The molecular formula is C14H21N5O. The van der Waals surface area contributed by atoms with Gasteiger partial charge in [0.2, 0.25) is 5.89 Å². The summed E-state index contributed by atoms with van der Waals surface area (Å²) in [6.45, 7) is 6.96. The van der Waals surface area contributed by atoms with Gasteiger partial charge in [0, 0.05) is 23.8 Å². The molecule has 1 N–H and O–H groups in total. The highest BCUT2D eigenvalue weighted by Gasteiger charge is 2.26. The number of hydrogen-bond acceptors (Lipinski definition) is 5. The van der Waals surface area contributed by atoms with Crippen molar-refractivity contribution in [2.75, 3.05) is 0 Å². The molecule has 3 rings (SSSR count). The minimum Gasteiger partial charge on any atom is -0.338 e. The minimum absolute atomic E-state index is 0.0529. The first-order valence-electron chi connectivity index (χ1n) is 7.30. The third-order valence-corrected chi connectivity index (χ3v) is 3.93. The topological polar surface area (TPSA) is 68.8 Å². The first-order valence-corrected chi connectivity index (χ1v) is 7.30. The van der Waals surface area contributed by atoms with Crippen molar-refractivity contribution in [3.63, 3.8) is 0 Å². The van der Waals surface area contributed by atoms with E-state index in [1.54, 1.807) is 0 Å². The summed E-state index contributed by atoms with van der Waals surface area (Å²) in [6, 6.07) is 0.374. The van der Waals surface area contributed by atoms with E-state index < -0.39 is 0 Å². The van der Waals surface area contributed by atoms with Gasteiger partial charge in [-0.25, -0.2) is 0 Å². The smallest absolute Gasteiger partial charge is 0.243 e. The van der Waals surface area contributed by atoms with E-state index in [-0.39, 0.29) is 6.04 Å². The zero-order valence-corrected chi connectivity index (χ0v) is 12.3. The molecule has 0 bridgehead atoms. The largest absolute Gasteiger partial charge is 0.338 e. The highest BCUT2D eigenvalue weighted by molar-refractivity contribution is 5.25. The molecular weight excluding hydrogens is 254 g/mol. The summed E-state index contributed by atoms with van der Waals surface area (Å²) in [7, 11) is 0. The van der Waals surface area contributed by atoms with Crippen molar-refractivity contribution < 1.29 is 4.52 Å². The zero-order valence-electron chi connectivity index (χ0n) is 12.3. The van der Waals surface area contributed by atoms with E-state index >= 15 is 0 Å². The second-order valence-corrected chi connectivity index (χ2v) is 5.38. The quantitative estimate of drug-likeness (QED) is 0.927. The van der Waals surface area contributed by atoms with Gasteiger partial charge in [-0.3, -0.25) is 10.00 Å². The van der Waals surface area contributed by atoms with Crippen LogP contribution in [0.25, 0.3) is 0 Å². The second kappa shape index (κ2) is 5.36. The SMILES string of the molecule is CCn1ncc2c1CCC[C@@H]2N[C@H](C)c1nc(C)no1. The molecule has 6 nitrogen and oxygen atoms in total. The van der Waals surface area contributed by atoms with E-state index in [4.69, 9.17) is 4.52 Å². The van der Waals surface area contributed by atoms with Gasteiger partial charge in [0.1, 0.15) is 0 Å². The number of rotatable bonds is 4. The fourth-order valence-electron chi connectivity index (χ4n) is 2.93. The average Bonchev–Trinajstić information content (AvgIpc) is 3.05. The average molecular weight is 275 g/mol. The molecule has 2 aromatic rings. The van der Waals surface area contributed by atoms with Gasteiger partial charge in [-0.2, -0.15) is 10.1 Å². The summed E-state index contributed by atoms with van der Waals surface area (Å²) in [5, 5.41) is 11.9. The summed E-state index contributed by atoms with van der Waals surface area (Å²) >= 11 is 0. The predicted octanol–water partition coefficient (Wildman–Crippen LogP) is 2.32. The molecule has 0 amide bonds. The number of fused-ring (bicyclic) bond motifs is 1. The summed E-state index contributed by atoms with van der Waals surface area (Å²) in [5.74, 6) is 1.33. The Bertz CT molecular complexity index is 588. The van der Waals surface area contributed by atoms with Crippen LogP contribution in [0.4, 0.5) is 0 Å². The van der Waals surface area contributed by atoms with Crippen LogP contribution in [0.5, 0.6) is 0 Å². The Morgan fingerprint density at radius 2 is 2.40 bits per heavy atom. The molecule has 0 radical (unpaired) electrons. The van der Waals surface area contributed by atoms with Gasteiger partial charge in [0.05, 0.1) is 12.2 Å². The molecule has 2 heterocycles. The van der Waals surface area contributed by atoms with Crippen LogP contribution in [0.15, 0.2) is 10.7 Å². The van der Waals surface area contributed by atoms with E-state index in [0.717, 1.165) is 19.4 Å². The maximum atomic E-state index is 5.24. The summed E-state index contributed by atoms with van der Waals surface area (Å²) < 4.78 is 7.34. The standard InChI is InChI=1S/C14H21N5O/c1-4-19-13-7-5-6-12(11(13)8-15-19)16-9(2)14-17-10(3)18-20-14/h8-9,12,16H,4-7H2,1-3H3/t9-,12+/m1/s1. The fraction of sp³-hybridized carbons (Fsp3) is 0.643. The summed E-state index contributed by atoms with van der Waals surface area (Å²) in [6.07, 6.45) is 5.43. The van der Waals surface area contributed by atoms with Crippen molar-refractivity contribution in [1.29, 1.82) is 0 Å². The van der Waals surface area contributed by atoms with Crippen LogP contribution in [0.3, 0.4) is 0 Å². The lowest BCUT2D eigenvalue weighted by molar-refractivity contribution is 0.312. The number of aromatic nitrogens is 4. The van der Waals surface area contributed by atoms with E-state index in [1.807, 2.05) is 13.1 Å². The molecule has 20 heavy (non-hydrogen) atoms. The van der Waals surface area contributed by atoms with Gasteiger partial charge in [-0.05, 0) is 40.0 Å². The van der Waals surface area contributed by atoms with Crippen molar-refractivity contribution in [3.8, 4) is 0 Å². The minimum atomic E-state index is 0.0529. The molecule has 0 aliphatic heterocycles. The number of hydrogen-bond donors (Lipinski definition) is 1. The van der Waals surface area contributed by atoms with Gasteiger partial charge in [0.15, 0.2) is 5.82 Å². The van der Waals surface area contributed by atoms with E-state index in [1.165, 1.54) is 17.7 Å². The first kappa shape index (κ1) is 13.3. The Labute approximate surface area is 118 Å². The normalized spacial score (nSPS) is 19.9. The molecule has 6 heteroatoms. The first-order chi connectivity index (χ1) is 9.69. The van der Waals surface area contributed by atoms with Gasteiger partial charge in [0.25, 0.3) is 0 Å². The van der Waals surface area contributed by atoms with Crippen LogP contribution in [-0.2, 0) is 13.0 Å². The molecule has 0 saturated carbocycles. The Hall–Kier alpha value is -1.69. The molecule has 0 spiro atoms. The summed E-state index contributed by atoms with van der Waals surface area (Å²) in [4.78, 5) is 4.29. The molecule has 2 atom stereocenters. The van der Waals surface area contributed by atoms with E-state index in [9.17, 15) is 0 Å². The van der Waals surface area contributed by atoms with Gasteiger partial charge >= 0.3 is 0 Å². The molecule has 2 aromatic heterocycles. The van der Waals surface area contributed by atoms with Crippen molar-refractivity contribution in [2.24, 2.45) is 0 Å². The lowest BCUT2D eigenvalue weighted by Crippen LogP contribution is -2.28. The number of nitrogens with zero attached hydrogens (tertiary/aromatic N) is 4. The Kier molecular flexibility index (Phi) is 3.56. The maximum Gasteiger partial charge on any atom is 0.243 e.